The maximum atomic E-state index is 12.3. The molecule has 0 fully saturated rings. The average molecular weight is 267 g/mol. The minimum atomic E-state index is -0.283. The van der Waals surface area contributed by atoms with Crippen molar-refractivity contribution in [3.05, 3.63) is 46.8 Å². The summed E-state index contributed by atoms with van der Waals surface area (Å²) >= 11 is 0. The van der Waals surface area contributed by atoms with E-state index in [9.17, 15) is 4.79 Å². The fraction of sp³-hybridized carbons (Fsp3) is 0.250. The number of carbonyl (C=O) groups excluding carboxylic acids is 1. The van der Waals surface area contributed by atoms with Gasteiger partial charge in [-0.2, -0.15) is 5.26 Å². The molecular weight excluding hydrogens is 250 g/mol. The topological polar surface area (TPSA) is 59.9 Å². The summed E-state index contributed by atoms with van der Waals surface area (Å²) in [6, 6.07) is 7.84. The van der Waals surface area contributed by atoms with Gasteiger partial charge in [-0.15, -0.1) is 0 Å². The Kier molecular flexibility index (Phi) is 3.62. The highest BCUT2D eigenvalue weighted by molar-refractivity contribution is 6.12. The van der Waals surface area contributed by atoms with Crippen LogP contribution in [0.3, 0.4) is 0 Å². The van der Waals surface area contributed by atoms with E-state index in [1.807, 2.05) is 32.0 Å². The van der Waals surface area contributed by atoms with E-state index in [4.69, 9.17) is 5.26 Å². The van der Waals surface area contributed by atoms with Gasteiger partial charge in [0.25, 0.3) is 0 Å². The summed E-state index contributed by atoms with van der Waals surface area (Å²) in [4.78, 5) is 17.1. The largest absolute Gasteiger partial charge is 0.382 e. The van der Waals surface area contributed by atoms with Crippen LogP contribution in [-0.4, -0.2) is 29.8 Å². The van der Waals surface area contributed by atoms with Gasteiger partial charge >= 0.3 is 0 Å². The van der Waals surface area contributed by atoms with E-state index in [0.29, 0.717) is 5.69 Å². The monoisotopic (exact) mass is 267 g/mol. The van der Waals surface area contributed by atoms with Crippen molar-refractivity contribution in [1.29, 1.82) is 5.26 Å². The van der Waals surface area contributed by atoms with Gasteiger partial charge in [-0.3, -0.25) is 4.79 Å². The smallest absolute Gasteiger partial charge is 0.221 e. The number of aromatic amines is 1. The zero-order valence-corrected chi connectivity index (χ0v) is 12.1. The Hall–Kier alpha value is -2.54. The second-order valence-electron chi connectivity index (χ2n) is 5.17. The van der Waals surface area contributed by atoms with Crippen LogP contribution in [0.1, 0.15) is 21.6 Å². The molecule has 1 aromatic carbocycles. The molecule has 0 spiro atoms. The van der Waals surface area contributed by atoms with E-state index in [2.05, 4.69) is 11.1 Å². The molecule has 20 heavy (non-hydrogen) atoms. The van der Waals surface area contributed by atoms with Crippen LogP contribution >= 0.6 is 0 Å². The van der Waals surface area contributed by atoms with Crippen LogP contribution in [0.15, 0.2) is 30.0 Å². The first-order valence-corrected chi connectivity index (χ1v) is 6.35. The molecule has 2 aromatic rings. The van der Waals surface area contributed by atoms with Crippen LogP contribution < -0.4 is 0 Å². The van der Waals surface area contributed by atoms with Gasteiger partial charge < -0.3 is 9.88 Å². The number of nitrogens with one attached hydrogen (secondary N) is 1. The molecule has 0 aliphatic rings. The normalized spacial score (nSPS) is 11.4. The van der Waals surface area contributed by atoms with Crippen molar-refractivity contribution >= 4 is 16.7 Å². The molecule has 0 saturated carbocycles. The quantitative estimate of drug-likeness (QED) is 0.528. The summed E-state index contributed by atoms with van der Waals surface area (Å²) < 4.78 is 0. The SMILES string of the molecule is Cc1cc(C)c2cc(C(=O)/C(C#N)=C\N(C)C)[nH]c2c1. The molecule has 4 heteroatoms. The number of nitriles is 1. The van der Waals surface area contributed by atoms with E-state index in [1.165, 1.54) is 6.20 Å². The first-order chi connectivity index (χ1) is 9.42. The van der Waals surface area contributed by atoms with Crippen molar-refractivity contribution in [3.8, 4) is 6.07 Å². The van der Waals surface area contributed by atoms with Crippen molar-refractivity contribution in [1.82, 2.24) is 9.88 Å². The summed E-state index contributed by atoms with van der Waals surface area (Å²) in [6.07, 6.45) is 1.53. The number of benzene rings is 1. The Bertz CT molecular complexity index is 745. The minimum absolute atomic E-state index is 0.121. The van der Waals surface area contributed by atoms with Crippen molar-refractivity contribution in [2.24, 2.45) is 0 Å². The molecule has 4 nitrogen and oxygen atoms in total. The number of rotatable bonds is 3. The fourth-order valence-corrected chi connectivity index (χ4v) is 2.26. The fourth-order valence-electron chi connectivity index (χ4n) is 2.26. The summed E-state index contributed by atoms with van der Waals surface area (Å²) in [6.45, 7) is 4.03. The Morgan fingerprint density at radius 3 is 2.60 bits per heavy atom. The molecule has 0 atom stereocenters. The minimum Gasteiger partial charge on any atom is -0.382 e. The van der Waals surface area contributed by atoms with Crippen molar-refractivity contribution in [2.45, 2.75) is 13.8 Å². The molecule has 1 N–H and O–H groups in total. The summed E-state index contributed by atoms with van der Waals surface area (Å²) in [5.74, 6) is -0.283. The lowest BCUT2D eigenvalue weighted by atomic mass is 10.1. The number of carbonyl (C=O) groups is 1. The number of Topliss-reactive ketones (excluding diaryl/α,β-unsaturated/α-hetero) is 1. The highest BCUT2D eigenvalue weighted by atomic mass is 16.1. The maximum absolute atomic E-state index is 12.3. The van der Waals surface area contributed by atoms with Gasteiger partial charge in [0.2, 0.25) is 5.78 Å². The van der Waals surface area contributed by atoms with Crippen molar-refractivity contribution < 1.29 is 4.79 Å². The molecule has 0 aliphatic heterocycles. The number of aryl methyl sites for hydroxylation is 2. The van der Waals surface area contributed by atoms with E-state index in [1.54, 1.807) is 19.0 Å². The van der Waals surface area contributed by atoms with Gasteiger partial charge in [-0.25, -0.2) is 0 Å². The van der Waals surface area contributed by atoms with E-state index < -0.39 is 0 Å². The highest BCUT2D eigenvalue weighted by Gasteiger charge is 2.15. The molecule has 0 amide bonds. The van der Waals surface area contributed by atoms with Crippen LogP contribution in [0.5, 0.6) is 0 Å². The van der Waals surface area contributed by atoms with Crippen LogP contribution in [0.2, 0.25) is 0 Å². The number of aromatic nitrogens is 1. The molecule has 0 radical (unpaired) electrons. The molecule has 0 saturated heterocycles. The first-order valence-electron chi connectivity index (χ1n) is 6.35. The number of hydrogen-bond donors (Lipinski definition) is 1. The summed E-state index contributed by atoms with van der Waals surface area (Å²) in [5, 5.41) is 10.1. The molecule has 2 rings (SSSR count). The van der Waals surface area contributed by atoms with E-state index in [-0.39, 0.29) is 11.4 Å². The van der Waals surface area contributed by atoms with Gasteiger partial charge in [0, 0.05) is 31.2 Å². The molecule has 1 heterocycles. The number of nitrogens with zero attached hydrogens (tertiary/aromatic N) is 2. The molecular formula is C16H17N3O. The summed E-state index contributed by atoms with van der Waals surface area (Å²) in [5.41, 5.74) is 3.75. The Morgan fingerprint density at radius 2 is 2.00 bits per heavy atom. The van der Waals surface area contributed by atoms with Crippen molar-refractivity contribution in [2.75, 3.05) is 14.1 Å². The van der Waals surface area contributed by atoms with E-state index >= 15 is 0 Å². The Morgan fingerprint density at radius 1 is 1.30 bits per heavy atom. The Labute approximate surface area is 118 Å². The predicted molar refractivity (Wildman–Crippen MR) is 79.5 cm³/mol. The number of hydrogen-bond acceptors (Lipinski definition) is 3. The highest BCUT2D eigenvalue weighted by Crippen LogP contribution is 2.22. The number of ketones is 1. The van der Waals surface area contributed by atoms with Crippen LogP contribution in [0.25, 0.3) is 10.9 Å². The zero-order valence-electron chi connectivity index (χ0n) is 12.1. The van der Waals surface area contributed by atoms with Crippen molar-refractivity contribution in [3.63, 3.8) is 0 Å². The molecule has 0 unspecified atom stereocenters. The van der Waals surface area contributed by atoms with Crippen LogP contribution in [0.4, 0.5) is 0 Å². The standard InChI is InChI=1S/C16H17N3O/c1-10-5-11(2)13-7-15(18-14(13)6-10)16(20)12(8-17)9-19(3)4/h5-7,9,18H,1-4H3/b12-9-. The third-order valence-corrected chi connectivity index (χ3v) is 3.09. The van der Waals surface area contributed by atoms with Gasteiger partial charge in [-0.05, 0) is 37.1 Å². The van der Waals surface area contributed by atoms with Gasteiger partial charge in [-0.1, -0.05) is 6.07 Å². The second-order valence-corrected chi connectivity index (χ2v) is 5.17. The summed E-state index contributed by atoms with van der Waals surface area (Å²) in [7, 11) is 3.56. The molecule has 0 bridgehead atoms. The third-order valence-electron chi connectivity index (χ3n) is 3.09. The molecule has 102 valence electrons. The lowest BCUT2D eigenvalue weighted by molar-refractivity contribution is 0.103. The second kappa shape index (κ2) is 5.22. The van der Waals surface area contributed by atoms with Gasteiger partial charge in [0.05, 0.1) is 5.69 Å². The van der Waals surface area contributed by atoms with Gasteiger partial charge in [0.1, 0.15) is 11.6 Å². The third kappa shape index (κ3) is 2.57. The molecule has 1 aromatic heterocycles. The maximum Gasteiger partial charge on any atom is 0.221 e. The zero-order chi connectivity index (χ0) is 14.9. The average Bonchev–Trinajstić information content (AvgIpc) is 2.78. The van der Waals surface area contributed by atoms with Crippen LogP contribution in [0, 0.1) is 25.2 Å². The Balaban J connectivity index is 2.51. The van der Waals surface area contributed by atoms with Crippen LogP contribution in [-0.2, 0) is 0 Å². The molecule has 0 aliphatic carbocycles. The lowest BCUT2D eigenvalue weighted by Crippen LogP contribution is -2.09. The van der Waals surface area contributed by atoms with E-state index in [0.717, 1.165) is 22.0 Å². The predicted octanol–water partition coefficient (Wildman–Crippen LogP) is 2.94. The number of fused-ring (bicyclic) bond motifs is 1. The number of H-pyrrole nitrogens is 1. The lowest BCUT2D eigenvalue weighted by Gasteiger charge is -2.04. The van der Waals surface area contributed by atoms with Gasteiger partial charge in [0.15, 0.2) is 0 Å². The first kappa shape index (κ1) is 13.9. The number of allylic oxidation sites excluding steroid dienone is 1.